The molecule has 1 N–H and O–H groups in total. The zero-order valence-electron chi connectivity index (χ0n) is 20.0. The molecule has 0 aliphatic carbocycles. The van der Waals surface area contributed by atoms with Gasteiger partial charge in [0.15, 0.2) is 17.3 Å². The zero-order valence-corrected chi connectivity index (χ0v) is 20.0. The van der Waals surface area contributed by atoms with E-state index in [1.165, 1.54) is 0 Å². The van der Waals surface area contributed by atoms with Gasteiger partial charge in [-0.05, 0) is 63.8 Å². The van der Waals surface area contributed by atoms with Crippen molar-refractivity contribution in [3.63, 3.8) is 0 Å². The predicted octanol–water partition coefficient (Wildman–Crippen LogP) is 3.68. The Morgan fingerprint density at radius 1 is 1.12 bits per heavy atom. The molecule has 0 radical (unpaired) electrons. The second kappa shape index (κ2) is 10.4. The molecule has 178 valence electrons. The fourth-order valence-corrected chi connectivity index (χ4v) is 4.94. The summed E-state index contributed by atoms with van der Waals surface area (Å²) in [5.74, 6) is 2.16. The van der Waals surface area contributed by atoms with Crippen molar-refractivity contribution in [1.29, 1.82) is 0 Å². The van der Waals surface area contributed by atoms with Crippen LogP contribution in [0.25, 0.3) is 5.69 Å². The molecule has 2 aliphatic rings. The van der Waals surface area contributed by atoms with E-state index in [4.69, 9.17) is 9.47 Å². The lowest BCUT2D eigenvalue weighted by Crippen LogP contribution is -2.42. The monoisotopic (exact) mass is 453 g/mol. The van der Waals surface area contributed by atoms with E-state index in [9.17, 15) is 9.59 Å². The molecule has 1 unspecified atom stereocenters. The molecule has 3 heterocycles. The predicted molar refractivity (Wildman–Crippen MR) is 128 cm³/mol. The summed E-state index contributed by atoms with van der Waals surface area (Å²) >= 11 is 0. The van der Waals surface area contributed by atoms with Crippen LogP contribution in [-0.4, -0.2) is 60.6 Å². The molecule has 0 bridgehead atoms. The molecule has 7 heteroatoms. The number of likely N-dealkylation sites (tertiary alicyclic amines) is 1. The van der Waals surface area contributed by atoms with Crippen LogP contribution in [0.15, 0.2) is 24.3 Å². The first-order chi connectivity index (χ1) is 16.0. The lowest BCUT2D eigenvalue weighted by atomic mass is 9.97. The number of nitrogens with one attached hydrogen (secondary N) is 1. The van der Waals surface area contributed by atoms with Crippen molar-refractivity contribution in [1.82, 2.24) is 14.8 Å². The third-order valence-electron chi connectivity index (χ3n) is 6.55. The number of nitrogens with zero attached hydrogens (tertiary/aromatic N) is 2. The molecule has 1 amide bonds. The van der Waals surface area contributed by atoms with Crippen molar-refractivity contribution in [3.8, 4) is 17.2 Å². The lowest BCUT2D eigenvalue weighted by molar-refractivity contribution is -0.121. The molecule has 0 spiro atoms. The zero-order chi connectivity index (χ0) is 23.4. The SMILES string of the molecule is CCCC(=O)NCC1CCCN(CC(=O)c2cc(C)n(-c3ccc4c(c3)OCCO4)c2C)C1. The van der Waals surface area contributed by atoms with Gasteiger partial charge in [0.2, 0.25) is 5.91 Å². The van der Waals surface area contributed by atoms with Gasteiger partial charge in [-0.3, -0.25) is 14.5 Å². The first-order valence-electron chi connectivity index (χ1n) is 12.1. The van der Waals surface area contributed by atoms with Crippen LogP contribution in [0.4, 0.5) is 0 Å². The van der Waals surface area contributed by atoms with E-state index in [-0.39, 0.29) is 11.7 Å². The lowest BCUT2D eigenvalue weighted by Gasteiger charge is -2.32. The largest absolute Gasteiger partial charge is 0.486 e. The number of hydrogen-bond donors (Lipinski definition) is 1. The molecule has 1 aromatic carbocycles. The van der Waals surface area contributed by atoms with Gasteiger partial charge in [0.25, 0.3) is 0 Å². The maximum atomic E-state index is 13.3. The van der Waals surface area contributed by atoms with E-state index >= 15 is 0 Å². The van der Waals surface area contributed by atoms with Crippen molar-refractivity contribution in [3.05, 3.63) is 41.2 Å². The minimum atomic E-state index is 0.122. The summed E-state index contributed by atoms with van der Waals surface area (Å²) in [6.45, 7) is 10.0. The Kier molecular flexibility index (Phi) is 7.38. The molecular formula is C26H35N3O4. The molecule has 2 aromatic rings. The van der Waals surface area contributed by atoms with Gasteiger partial charge < -0.3 is 19.4 Å². The minimum absolute atomic E-state index is 0.122. The molecule has 1 fully saturated rings. The third-order valence-corrected chi connectivity index (χ3v) is 6.55. The Bertz CT molecular complexity index is 1010. The van der Waals surface area contributed by atoms with Crippen LogP contribution in [-0.2, 0) is 4.79 Å². The number of amides is 1. The van der Waals surface area contributed by atoms with Crippen molar-refractivity contribution in [2.45, 2.75) is 46.5 Å². The van der Waals surface area contributed by atoms with Crippen LogP contribution >= 0.6 is 0 Å². The van der Waals surface area contributed by atoms with Gasteiger partial charge in [0, 0.05) is 48.2 Å². The van der Waals surface area contributed by atoms with Gasteiger partial charge in [0.1, 0.15) is 13.2 Å². The number of ketones is 1. The molecule has 33 heavy (non-hydrogen) atoms. The van der Waals surface area contributed by atoms with Crippen molar-refractivity contribution < 1.29 is 19.1 Å². The summed E-state index contributed by atoms with van der Waals surface area (Å²) in [7, 11) is 0. The maximum absolute atomic E-state index is 13.3. The number of carbonyl (C=O) groups excluding carboxylic acids is 2. The van der Waals surface area contributed by atoms with E-state index < -0.39 is 0 Å². The first kappa shape index (κ1) is 23.4. The van der Waals surface area contributed by atoms with Crippen LogP contribution in [0.1, 0.15) is 54.4 Å². The highest BCUT2D eigenvalue weighted by Crippen LogP contribution is 2.33. The van der Waals surface area contributed by atoms with E-state index in [0.29, 0.717) is 38.6 Å². The highest BCUT2D eigenvalue weighted by molar-refractivity contribution is 5.99. The highest BCUT2D eigenvalue weighted by atomic mass is 16.6. The summed E-state index contributed by atoms with van der Waals surface area (Å²) in [6, 6.07) is 7.90. The normalized spacial score (nSPS) is 18.2. The quantitative estimate of drug-likeness (QED) is 0.618. The topological polar surface area (TPSA) is 72.8 Å². The van der Waals surface area contributed by atoms with E-state index in [0.717, 1.165) is 66.5 Å². The molecule has 1 saturated heterocycles. The first-order valence-corrected chi connectivity index (χ1v) is 12.1. The fourth-order valence-electron chi connectivity index (χ4n) is 4.94. The number of hydrogen-bond acceptors (Lipinski definition) is 5. The van der Waals surface area contributed by atoms with Crippen molar-refractivity contribution in [2.75, 3.05) is 39.4 Å². The molecule has 2 aliphatic heterocycles. The van der Waals surface area contributed by atoms with Crippen molar-refractivity contribution >= 4 is 11.7 Å². The van der Waals surface area contributed by atoms with E-state index in [2.05, 4.69) is 14.8 Å². The summed E-state index contributed by atoms with van der Waals surface area (Å²) in [4.78, 5) is 27.3. The van der Waals surface area contributed by atoms with E-state index in [1.54, 1.807) is 0 Å². The Labute approximate surface area is 196 Å². The second-order valence-electron chi connectivity index (χ2n) is 9.17. The van der Waals surface area contributed by atoms with Gasteiger partial charge in [-0.1, -0.05) is 6.92 Å². The Balaban J connectivity index is 1.42. The number of rotatable bonds is 8. The Hall–Kier alpha value is -2.80. The average molecular weight is 454 g/mol. The Morgan fingerprint density at radius 2 is 1.91 bits per heavy atom. The van der Waals surface area contributed by atoms with Gasteiger partial charge >= 0.3 is 0 Å². The van der Waals surface area contributed by atoms with Gasteiger partial charge in [-0.2, -0.15) is 0 Å². The minimum Gasteiger partial charge on any atom is -0.486 e. The fraction of sp³-hybridized carbons (Fsp3) is 0.538. The van der Waals surface area contributed by atoms with Crippen LogP contribution in [0.5, 0.6) is 11.5 Å². The van der Waals surface area contributed by atoms with E-state index in [1.807, 2.05) is 45.0 Å². The maximum Gasteiger partial charge on any atom is 0.219 e. The van der Waals surface area contributed by atoms with Crippen LogP contribution in [0, 0.1) is 19.8 Å². The second-order valence-corrected chi connectivity index (χ2v) is 9.17. The van der Waals surface area contributed by atoms with Crippen LogP contribution in [0.3, 0.4) is 0 Å². The number of Topliss-reactive ketones (excluding diaryl/α,β-unsaturated/α-hetero) is 1. The molecule has 4 rings (SSSR count). The Morgan fingerprint density at radius 3 is 2.70 bits per heavy atom. The van der Waals surface area contributed by atoms with Gasteiger partial charge in [-0.15, -0.1) is 0 Å². The number of aromatic nitrogens is 1. The number of carbonyl (C=O) groups is 2. The number of ether oxygens (including phenoxy) is 2. The standard InChI is InChI=1S/C26H35N3O4/c1-4-6-26(31)27-15-20-7-5-10-28(16-20)17-23(30)22-13-18(2)29(19(22)3)21-8-9-24-25(14-21)33-12-11-32-24/h8-9,13-14,20H,4-7,10-12,15-17H2,1-3H3,(H,27,31). The van der Waals surface area contributed by atoms with Gasteiger partial charge in [-0.25, -0.2) is 0 Å². The summed E-state index contributed by atoms with van der Waals surface area (Å²) in [5.41, 5.74) is 3.69. The third kappa shape index (κ3) is 5.41. The number of benzene rings is 1. The molecule has 1 aromatic heterocycles. The van der Waals surface area contributed by atoms with Crippen molar-refractivity contribution in [2.24, 2.45) is 5.92 Å². The average Bonchev–Trinajstić information content (AvgIpc) is 3.12. The molecule has 1 atom stereocenters. The number of fused-ring (bicyclic) bond motifs is 1. The molecule has 0 saturated carbocycles. The molecular weight excluding hydrogens is 418 g/mol. The summed E-state index contributed by atoms with van der Waals surface area (Å²) in [6.07, 6.45) is 3.59. The van der Waals surface area contributed by atoms with Gasteiger partial charge in [0.05, 0.1) is 6.54 Å². The van der Waals surface area contributed by atoms with Crippen LogP contribution in [0.2, 0.25) is 0 Å². The highest BCUT2D eigenvalue weighted by Gasteiger charge is 2.25. The summed E-state index contributed by atoms with van der Waals surface area (Å²) < 4.78 is 13.5. The number of aryl methyl sites for hydroxylation is 1. The summed E-state index contributed by atoms with van der Waals surface area (Å²) in [5, 5.41) is 3.05. The van der Waals surface area contributed by atoms with Crippen LogP contribution < -0.4 is 14.8 Å². The smallest absolute Gasteiger partial charge is 0.219 e. The molecule has 7 nitrogen and oxygen atoms in total. The number of piperidine rings is 1.